The summed E-state index contributed by atoms with van der Waals surface area (Å²) in [4.78, 5) is 13.1. The molecular weight excluding hydrogens is 318 g/mol. The van der Waals surface area contributed by atoms with E-state index in [0.717, 1.165) is 16.0 Å². The summed E-state index contributed by atoms with van der Waals surface area (Å²) in [6.07, 6.45) is -0.0142. The second-order valence-electron chi connectivity index (χ2n) is 5.52. The number of amides is 1. The number of rotatable bonds is 6. The van der Waals surface area contributed by atoms with Crippen LogP contribution < -0.4 is 5.32 Å². The molecule has 3 aromatic rings. The van der Waals surface area contributed by atoms with Crippen LogP contribution in [0.4, 0.5) is 0 Å². The van der Waals surface area contributed by atoms with Gasteiger partial charge in [0, 0.05) is 17.0 Å². The average molecular weight is 337 g/mol. The lowest BCUT2D eigenvalue weighted by atomic mass is 10.0. The fraction of sp³-hybridized carbons (Fsp3) is 0.150. The molecule has 2 aromatic carbocycles. The molecule has 0 aliphatic rings. The number of hydrogen-bond donors (Lipinski definition) is 2. The Hall–Kier alpha value is -2.43. The molecule has 0 spiro atoms. The minimum atomic E-state index is -0.522. The average Bonchev–Trinajstić information content (AvgIpc) is 3.17. The Morgan fingerprint density at radius 2 is 1.67 bits per heavy atom. The maximum Gasteiger partial charge on any atom is 0.251 e. The fourth-order valence-corrected chi connectivity index (χ4v) is 3.24. The Bertz CT molecular complexity index is 767. The van der Waals surface area contributed by atoms with E-state index in [4.69, 9.17) is 0 Å². The normalized spacial score (nSPS) is 11.9. The number of carbonyl (C=O) groups is 1. The smallest absolute Gasteiger partial charge is 0.251 e. The molecule has 24 heavy (non-hydrogen) atoms. The van der Waals surface area contributed by atoms with E-state index in [1.807, 2.05) is 72.1 Å². The van der Waals surface area contributed by atoms with Crippen LogP contribution >= 0.6 is 11.3 Å². The summed E-state index contributed by atoms with van der Waals surface area (Å²) in [5.74, 6) is -0.118. The van der Waals surface area contributed by atoms with Crippen molar-refractivity contribution in [3.05, 3.63) is 82.6 Å². The molecule has 0 bridgehead atoms. The van der Waals surface area contributed by atoms with Gasteiger partial charge >= 0.3 is 0 Å². The number of carbonyl (C=O) groups excluding carboxylic acids is 1. The molecule has 2 N–H and O–H groups in total. The van der Waals surface area contributed by atoms with Crippen molar-refractivity contribution >= 4 is 17.2 Å². The van der Waals surface area contributed by atoms with Gasteiger partial charge in [-0.05, 0) is 41.1 Å². The Morgan fingerprint density at radius 1 is 0.958 bits per heavy atom. The van der Waals surface area contributed by atoms with Crippen LogP contribution in [0.5, 0.6) is 0 Å². The first-order valence-electron chi connectivity index (χ1n) is 7.89. The molecule has 1 heterocycles. The molecule has 0 radical (unpaired) electrons. The lowest BCUT2D eigenvalue weighted by molar-refractivity contribution is 0.0943. The highest BCUT2D eigenvalue weighted by Crippen LogP contribution is 2.21. The third-order valence-corrected chi connectivity index (χ3v) is 4.80. The van der Waals surface area contributed by atoms with Crippen LogP contribution in [0.25, 0.3) is 11.1 Å². The van der Waals surface area contributed by atoms with Crippen LogP contribution in [-0.2, 0) is 0 Å². The van der Waals surface area contributed by atoms with E-state index in [0.29, 0.717) is 18.5 Å². The second-order valence-corrected chi connectivity index (χ2v) is 6.50. The maximum atomic E-state index is 12.2. The third-order valence-electron chi connectivity index (χ3n) is 3.83. The summed E-state index contributed by atoms with van der Waals surface area (Å²) in [7, 11) is 0. The quantitative estimate of drug-likeness (QED) is 0.706. The number of nitrogens with one attached hydrogen (secondary N) is 1. The molecule has 1 amide bonds. The molecule has 1 unspecified atom stereocenters. The SMILES string of the molecule is O=C(NCCC(O)c1cccs1)c1ccc(-c2ccccc2)cc1. The van der Waals surface area contributed by atoms with Crippen molar-refractivity contribution in [2.45, 2.75) is 12.5 Å². The molecule has 0 aliphatic carbocycles. The molecule has 0 fully saturated rings. The number of aliphatic hydroxyl groups excluding tert-OH is 1. The van der Waals surface area contributed by atoms with Gasteiger partial charge in [-0.25, -0.2) is 0 Å². The minimum absolute atomic E-state index is 0.118. The molecular formula is C20H19NO2S. The van der Waals surface area contributed by atoms with Crippen molar-refractivity contribution < 1.29 is 9.90 Å². The number of aliphatic hydroxyl groups is 1. The molecule has 1 aromatic heterocycles. The van der Waals surface area contributed by atoms with Gasteiger partial charge in [0.25, 0.3) is 5.91 Å². The van der Waals surface area contributed by atoms with E-state index >= 15 is 0 Å². The van der Waals surface area contributed by atoms with Crippen LogP contribution in [0.1, 0.15) is 27.8 Å². The van der Waals surface area contributed by atoms with E-state index in [9.17, 15) is 9.90 Å². The minimum Gasteiger partial charge on any atom is -0.388 e. The summed E-state index contributed by atoms with van der Waals surface area (Å²) in [5.41, 5.74) is 2.84. The monoisotopic (exact) mass is 337 g/mol. The molecule has 0 saturated carbocycles. The van der Waals surface area contributed by atoms with Gasteiger partial charge in [0.2, 0.25) is 0 Å². The topological polar surface area (TPSA) is 49.3 Å². The van der Waals surface area contributed by atoms with Gasteiger partial charge in [-0.15, -0.1) is 11.3 Å². The zero-order valence-electron chi connectivity index (χ0n) is 13.2. The van der Waals surface area contributed by atoms with Gasteiger partial charge < -0.3 is 10.4 Å². The van der Waals surface area contributed by atoms with Crippen molar-refractivity contribution in [2.24, 2.45) is 0 Å². The van der Waals surface area contributed by atoms with Crippen molar-refractivity contribution in [3.8, 4) is 11.1 Å². The Balaban J connectivity index is 1.54. The molecule has 1 atom stereocenters. The predicted molar refractivity (Wildman–Crippen MR) is 98.1 cm³/mol. The van der Waals surface area contributed by atoms with Gasteiger partial charge in [-0.3, -0.25) is 4.79 Å². The molecule has 122 valence electrons. The van der Waals surface area contributed by atoms with Crippen LogP contribution in [0.2, 0.25) is 0 Å². The fourth-order valence-electron chi connectivity index (χ4n) is 2.49. The van der Waals surface area contributed by atoms with Crippen LogP contribution in [0.3, 0.4) is 0 Å². The van der Waals surface area contributed by atoms with E-state index in [1.54, 1.807) is 0 Å². The lowest BCUT2D eigenvalue weighted by Crippen LogP contribution is -2.25. The van der Waals surface area contributed by atoms with Gasteiger partial charge in [0.05, 0.1) is 6.10 Å². The molecule has 0 saturated heterocycles. The highest BCUT2D eigenvalue weighted by atomic mass is 32.1. The number of thiophene rings is 1. The Kier molecular flexibility index (Phi) is 5.41. The first-order valence-corrected chi connectivity index (χ1v) is 8.77. The first kappa shape index (κ1) is 16.4. The summed E-state index contributed by atoms with van der Waals surface area (Å²) in [5, 5.41) is 14.8. The van der Waals surface area contributed by atoms with Crippen LogP contribution in [0, 0.1) is 0 Å². The van der Waals surface area contributed by atoms with Gasteiger partial charge in [-0.2, -0.15) is 0 Å². The van der Waals surface area contributed by atoms with E-state index in [2.05, 4.69) is 5.32 Å². The van der Waals surface area contributed by atoms with Crippen molar-refractivity contribution in [2.75, 3.05) is 6.54 Å². The largest absolute Gasteiger partial charge is 0.388 e. The summed E-state index contributed by atoms with van der Waals surface area (Å²) in [6, 6.07) is 21.4. The maximum absolute atomic E-state index is 12.2. The van der Waals surface area contributed by atoms with E-state index in [1.165, 1.54) is 11.3 Å². The summed E-state index contributed by atoms with van der Waals surface area (Å²) in [6.45, 7) is 0.443. The summed E-state index contributed by atoms with van der Waals surface area (Å²) < 4.78 is 0. The first-order chi connectivity index (χ1) is 11.7. The predicted octanol–water partition coefficient (Wildman–Crippen LogP) is 4.27. The second kappa shape index (κ2) is 7.90. The van der Waals surface area contributed by atoms with Gasteiger partial charge in [0.1, 0.15) is 0 Å². The van der Waals surface area contributed by atoms with E-state index < -0.39 is 6.10 Å². The highest BCUT2D eigenvalue weighted by Gasteiger charge is 2.10. The molecule has 0 aliphatic heterocycles. The molecule has 3 rings (SSSR count). The third kappa shape index (κ3) is 4.10. The molecule has 4 heteroatoms. The Morgan fingerprint density at radius 3 is 2.33 bits per heavy atom. The zero-order valence-corrected chi connectivity index (χ0v) is 14.0. The van der Waals surface area contributed by atoms with Crippen LogP contribution in [-0.4, -0.2) is 17.6 Å². The van der Waals surface area contributed by atoms with Gasteiger partial charge in [-0.1, -0.05) is 48.5 Å². The molecule has 3 nitrogen and oxygen atoms in total. The van der Waals surface area contributed by atoms with Crippen LogP contribution in [0.15, 0.2) is 72.1 Å². The van der Waals surface area contributed by atoms with Gasteiger partial charge in [0.15, 0.2) is 0 Å². The zero-order chi connectivity index (χ0) is 16.8. The van der Waals surface area contributed by atoms with E-state index in [-0.39, 0.29) is 5.91 Å². The standard InChI is InChI=1S/C20H19NO2S/c22-18(19-7-4-14-24-19)12-13-21-20(23)17-10-8-16(9-11-17)15-5-2-1-3-6-15/h1-11,14,18,22H,12-13H2,(H,21,23). The Labute approximate surface area is 145 Å². The number of benzene rings is 2. The van der Waals surface area contributed by atoms with Crippen molar-refractivity contribution in [3.63, 3.8) is 0 Å². The summed E-state index contributed by atoms with van der Waals surface area (Å²) >= 11 is 1.52. The lowest BCUT2D eigenvalue weighted by Gasteiger charge is -2.10. The van der Waals surface area contributed by atoms with Crippen molar-refractivity contribution in [1.82, 2.24) is 5.32 Å². The highest BCUT2D eigenvalue weighted by molar-refractivity contribution is 7.10. The number of hydrogen-bond acceptors (Lipinski definition) is 3. The van der Waals surface area contributed by atoms with Crippen molar-refractivity contribution in [1.29, 1.82) is 0 Å².